The molecule has 0 aliphatic heterocycles. The highest BCUT2D eigenvalue weighted by Crippen LogP contribution is 2.40. The van der Waals surface area contributed by atoms with Crippen molar-refractivity contribution in [2.45, 2.75) is 65.3 Å². The molecule has 0 radical (unpaired) electrons. The predicted molar refractivity (Wildman–Crippen MR) is 129 cm³/mol. The smallest absolute Gasteiger partial charge is 0.419 e. The number of nitrogens with one attached hydrogen (secondary N) is 2. The summed E-state index contributed by atoms with van der Waals surface area (Å²) in [7, 11) is 0. The molecule has 0 unspecified atom stereocenters. The van der Waals surface area contributed by atoms with Gasteiger partial charge in [0.25, 0.3) is 0 Å². The van der Waals surface area contributed by atoms with Crippen LogP contribution in [-0.4, -0.2) is 33.8 Å². The third-order valence-corrected chi connectivity index (χ3v) is 5.25. The maximum absolute atomic E-state index is 14.0. The Morgan fingerprint density at radius 3 is 2.46 bits per heavy atom. The highest BCUT2D eigenvalue weighted by molar-refractivity contribution is 5.91. The van der Waals surface area contributed by atoms with E-state index >= 15 is 0 Å². The van der Waals surface area contributed by atoms with E-state index in [-0.39, 0.29) is 18.3 Å². The first-order valence-corrected chi connectivity index (χ1v) is 11.4. The fraction of sp³-hybridized carbons (Fsp3) is 0.462. The Morgan fingerprint density at radius 1 is 1.11 bits per heavy atom. The van der Waals surface area contributed by atoms with Crippen LogP contribution in [0.4, 0.5) is 18.0 Å². The van der Waals surface area contributed by atoms with E-state index in [2.05, 4.69) is 15.3 Å². The van der Waals surface area contributed by atoms with Crippen molar-refractivity contribution in [1.82, 2.24) is 15.3 Å². The van der Waals surface area contributed by atoms with Gasteiger partial charge in [-0.25, -0.2) is 4.79 Å². The summed E-state index contributed by atoms with van der Waals surface area (Å²) in [6.07, 6.45) is -1.56. The number of carbonyl (C=O) groups excluding carboxylic acids is 1. The number of H-pyrrole nitrogens is 1. The first-order chi connectivity index (χ1) is 16.2. The fourth-order valence-electron chi connectivity index (χ4n) is 4.08. The van der Waals surface area contributed by atoms with Gasteiger partial charge in [-0.05, 0) is 69.9 Å². The van der Waals surface area contributed by atoms with Gasteiger partial charge in [-0.3, -0.25) is 4.98 Å². The van der Waals surface area contributed by atoms with Gasteiger partial charge >= 0.3 is 12.3 Å². The standard InChI is InChI=1S/C26H32F3N3O3/c1-16(2)14-25(6,32-23(33)35-24(3,4)5)15-34-21-8-7-17(13-19(21)26(27,28)29)18-9-11-30-20-10-12-31-22(18)20/h7-13,16,31H,14-15H2,1-6H3,(H,32,33)/t25-/m0/s1. The minimum Gasteiger partial charge on any atom is -0.491 e. The number of alkyl halides is 3. The molecular formula is C26H32F3N3O3. The number of pyridine rings is 1. The molecule has 0 bridgehead atoms. The second kappa shape index (κ2) is 9.79. The molecule has 0 saturated heterocycles. The number of nitrogens with zero attached hydrogens (tertiary/aromatic N) is 1. The van der Waals surface area contributed by atoms with E-state index in [1.165, 1.54) is 6.07 Å². The van der Waals surface area contributed by atoms with E-state index in [0.29, 0.717) is 28.6 Å². The van der Waals surface area contributed by atoms with Gasteiger partial charge in [0.2, 0.25) is 0 Å². The predicted octanol–water partition coefficient (Wildman–Crippen LogP) is 6.96. The first-order valence-electron chi connectivity index (χ1n) is 11.4. The SMILES string of the molecule is CC(C)C[C@@](C)(COc1ccc(-c2ccnc3cc[nH]c23)cc1C(F)(F)F)NC(=O)OC(C)(C)C. The fourth-order valence-corrected chi connectivity index (χ4v) is 4.08. The molecule has 0 aliphatic carbocycles. The second-order valence-corrected chi connectivity index (χ2v) is 10.4. The van der Waals surface area contributed by atoms with Gasteiger partial charge in [0, 0.05) is 18.0 Å². The third-order valence-electron chi connectivity index (χ3n) is 5.25. The molecule has 1 atom stereocenters. The molecule has 0 aliphatic rings. The van der Waals surface area contributed by atoms with E-state index in [1.54, 1.807) is 58.3 Å². The van der Waals surface area contributed by atoms with Gasteiger partial charge in [0.05, 0.1) is 22.1 Å². The van der Waals surface area contributed by atoms with E-state index in [0.717, 1.165) is 6.07 Å². The maximum atomic E-state index is 14.0. The molecule has 2 N–H and O–H groups in total. The van der Waals surface area contributed by atoms with Gasteiger partial charge in [0.1, 0.15) is 18.0 Å². The quantitative estimate of drug-likeness (QED) is 0.375. The van der Waals surface area contributed by atoms with Crippen LogP contribution in [0.1, 0.15) is 53.5 Å². The number of benzene rings is 1. The monoisotopic (exact) mass is 491 g/mol. The topological polar surface area (TPSA) is 76.2 Å². The lowest BCUT2D eigenvalue weighted by Gasteiger charge is -2.33. The Bertz CT molecular complexity index is 1180. The van der Waals surface area contributed by atoms with Gasteiger partial charge in [0.15, 0.2) is 0 Å². The Labute approximate surface area is 203 Å². The van der Waals surface area contributed by atoms with E-state index < -0.39 is 29.0 Å². The van der Waals surface area contributed by atoms with E-state index in [9.17, 15) is 18.0 Å². The van der Waals surface area contributed by atoms with Crippen molar-refractivity contribution in [3.05, 3.63) is 48.3 Å². The average Bonchev–Trinajstić information content (AvgIpc) is 3.18. The van der Waals surface area contributed by atoms with Crippen molar-refractivity contribution in [3.8, 4) is 16.9 Å². The summed E-state index contributed by atoms with van der Waals surface area (Å²) in [5, 5.41) is 2.79. The zero-order chi connectivity index (χ0) is 26.0. The number of aromatic amines is 1. The number of fused-ring (bicyclic) bond motifs is 1. The second-order valence-electron chi connectivity index (χ2n) is 10.4. The minimum absolute atomic E-state index is 0.151. The molecule has 35 heavy (non-hydrogen) atoms. The summed E-state index contributed by atoms with van der Waals surface area (Å²) in [5.74, 6) is -0.156. The lowest BCUT2D eigenvalue weighted by atomic mass is 9.91. The van der Waals surface area contributed by atoms with Gasteiger partial charge < -0.3 is 19.8 Å². The van der Waals surface area contributed by atoms with Crippen LogP contribution in [0.3, 0.4) is 0 Å². The molecule has 2 aromatic heterocycles. The van der Waals surface area contributed by atoms with Crippen LogP contribution in [0.2, 0.25) is 0 Å². The van der Waals surface area contributed by atoms with Crippen LogP contribution in [-0.2, 0) is 10.9 Å². The Morgan fingerprint density at radius 2 is 1.83 bits per heavy atom. The number of halogens is 3. The lowest BCUT2D eigenvalue weighted by molar-refractivity contribution is -0.139. The number of carbonyl (C=O) groups is 1. The third kappa shape index (κ3) is 6.90. The van der Waals surface area contributed by atoms with Crippen molar-refractivity contribution in [1.29, 1.82) is 0 Å². The van der Waals surface area contributed by atoms with E-state index in [4.69, 9.17) is 9.47 Å². The number of aromatic nitrogens is 2. The van der Waals surface area contributed by atoms with Crippen LogP contribution in [0.25, 0.3) is 22.2 Å². The summed E-state index contributed by atoms with van der Waals surface area (Å²) in [6.45, 7) is 10.7. The normalized spacial score (nSPS) is 14.1. The van der Waals surface area contributed by atoms with Crippen molar-refractivity contribution < 1.29 is 27.4 Å². The summed E-state index contributed by atoms with van der Waals surface area (Å²) in [4.78, 5) is 19.7. The van der Waals surface area contributed by atoms with Crippen molar-refractivity contribution >= 4 is 17.1 Å². The largest absolute Gasteiger partial charge is 0.491 e. The molecule has 0 saturated carbocycles. The average molecular weight is 492 g/mol. The molecule has 1 aromatic carbocycles. The van der Waals surface area contributed by atoms with Crippen LogP contribution in [0, 0.1) is 5.92 Å². The van der Waals surface area contributed by atoms with Crippen LogP contribution >= 0.6 is 0 Å². The highest BCUT2D eigenvalue weighted by Gasteiger charge is 2.37. The van der Waals surface area contributed by atoms with Crippen molar-refractivity contribution in [2.24, 2.45) is 5.92 Å². The van der Waals surface area contributed by atoms with Crippen LogP contribution < -0.4 is 10.1 Å². The lowest BCUT2D eigenvalue weighted by Crippen LogP contribution is -2.52. The van der Waals surface area contributed by atoms with Crippen molar-refractivity contribution in [3.63, 3.8) is 0 Å². The highest BCUT2D eigenvalue weighted by atomic mass is 19.4. The Balaban J connectivity index is 1.90. The Kier molecular flexibility index (Phi) is 7.38. The Hall–Kier alpha value is -3.23. The van der Waals surface area contributed by atoms with Crippen LogP contribution in [0.5, 0.6) is 5.75 Å². The summed E-state index contributed by atoms with van der Waals surface area (Å²) in [5.41, 5.74) is -0.241. The summed E-state index contributed by atoms with van der Waals surface area (Å²) in [6, 6.07) is 7.40. The zero-order valence-corrected chi connectivity index (χ0v) is 20.8. The zero-order valence-electron chi connectivity index (χ0n) is 20.8. The first kappa shape index (κ1) is 26.4. The van der Waals surface area contributed by atoms with Crippen LogP contribution in [0.15, 0.2) is 42.7 Å². The van der Waals surface area contributed by atoms with Gasteiger partial charge in [-0.1, -0.05) is 19.9 Å². The molecule has 1 amide bonds. The molecule has 6 nitrogen and oxygen atoms in total. The van der Waals surface area contributed by atoms with E-state index in [1.807, 2.05) is 13.8 Å². The maximum Gasteiger partial charge on any atom is 0.419 e. The van der Waals surface area contributed by atoms with Gasteiger partial charge in [-0.15, -0.1) is 0 Å². The van der Waals surface area contributed by atoms with Crippen molar-refractivity contribution in [2.75, 3.05) is 6.61 Å². The molecule has 0 spiro atoms. The number of rotatable bonds is 7. The molecule has 3 aromatic rings. The number of alkyl carbamates (subject to hydrolysis) is 1. The molecule has 9 heteroatoms. The number of hydrogen-bond acceptors (Lipinski definition) is 4. The summed E-state index contributed by atoms with van der Waals surface area (Å²) >= 11 is 0. The molecule has 2 heterocycles. The molecule has 190 valence electrons. The molecule has 3 rings (SSSR count). The summed E-state index contributed by atoms with van der Waals surface area (Å²) < 4.78 is 53.2. The van der Waals surface area contributed by atoms with Gasteiger partial charge in [-0.2, -0.15) is 13.2 Å². The number of amides is 1. The molecule has 0 fully saturated rings. The molecular weight excluding hydrogens is 459 g/mol. The minimum atomic E-state index is -4.64. The number of ether oxygens (including phenoxy) is 2. The number of hydrogen-bond donors (Lipinski definition) is 2.